The van der Waals surface area contributed by atoms with Crippen molar-refractivity contribution in [2.75, 3.05) is 26.1 Å². The van der Waals surface area contributed by atoms with E-state index in [1.54, 1.807) is 7.11 Å². The number of amides is 1. The molecule has 0 saturated heterocycles. The van der Waals surface area contributed by atoms with Crippen LogP contribution in [-0.4, -0.2) is 32.0 Å². The number of thioether (sulfide) groups is 1. The van der Waals surface area contributed by atoms with Gasteiger partial charge in [-0.05, 0) is 35.9 Å². The normalized spacial score (nSPS) is 13.0. The van der Waals surface area contributed by atoms with Gasteiger partial charge in [-0.1, -0.05) is 12.1 Å². The van der Waals surface area contributed by atoms with Crippen LogP contribution in [-0.2, 0) is 11.3 Å². The van der Waals surface area contributed by atoms with Gasteiger partial charge in [0.2, 0.25) is 5.91 Å². The van der Waals surface area contributed by atoms with Gasteiger partial charge in [0.15, 0.2) is 11.5 Å². The van der Waals surface area contributed by atoms with E-state index in [1.165, 1.54) is 11.8 Å². The highest BCUT2D eigenvalue weighted by Gasteiger charge is 2.11. The van der Waals surface area contributed by atoms with Crippen LogP contribution in [0.3, 0.4) is 0 Å². The lowest BCUT2D eigenvalue weighted by atomic mass is 10.2. The minimum atomic E-state index is -0.00655. The summed E-state index contributed by atoms with van der Waals surface area (Å²) in [5, 5.41) is 2.92. The lowest BCUT2D eigenvalue weighted by Crippen LogP contribution is -2.24. The zero-order valence-corrected chi connectivity index (χ0v) is 14.9. The van der Waals surface area contributed by atoms with E-state index in [4.69, 9.17) is 14.2 Å². The van der Waals surface area contributed by atoms with Gasteiger partial charge >= 0.3 is 0 Å². The molecule has 0 bridgehead atoms. The van der Waals surface area contributed by atoms with Crippen LogP contribution in [0.4, 0.5) is 0 Å². The molecule has 1 amide bonds. The summed E-state index contributed by atoms with van der Waals surface area (Å²) in [6.07, 6.45) is 0.880. The van der Waals surface area contributed by atoms with Crippen molar-refractivity contribution in [3.63, 3.8) is 0 Å². The third kappa shape index (κ3) is 5.06. The summed E-state index contributed by atoms with van der Waals surface area (Å²) in [4.78, 5) is 13.0. The second kappa shape index (κ2) is 8.67. The van der Waals surface area contributed by atoms with Gasteiger partial charge in [0, 0.05) is 17.9 Å². The van der Waals surface area contributed by atoms with Crippen LogP contribution in [0.5, 0.6) is 17.2 Å². The molecular formula is C19H21NO4S. The number of methoxy groups -OCH3 is 1. The average molecular weight is 359 g/mol. The number of hydrogen-bond donors (Lipinski definition) is 1. The molecule has 5 nitrogen and oxygen atoms in total. The molecule has 0 spiro atoms. The predicted molar refractivity (Wildman–Crippen MR) is 97.6 cm³/mol. The Morgan fingerprint density at radius 1 is 1.12 bits per heavy atom. The lowest BCUT2D eigenvalue weighted by Gasteiger charge is -2.09. The molecule has 0 fully saturated rings. The number of nitrogens with one attached hydrogen (secondary N) is 1. The number of carbonyl (C=O) groups excluding carboxylic acids is 1. The van der Waals surface area contributed by atoms with Gasteiger partial charge in [0.25, 0.3) is 0 Å². The zero-order valence-electron chi connectivity index (χ0n) is 14.1. The van der Waals surface area contributed by atoms with Gasteiger partial charge in [-0.25, -0.2) is 0 Å². The van der Waals surface area contributed by atoms with Crippen molar-refractivity contribution in [1.82, 2.24) is 5.32 Å². The van der Waals surface area contributed by atoms with Crippen molar-refractivity contribution < 1.29 is 19.0 Å². The van der Waals surface area contributed by atoms with Crippen LogP contribution < -0.4 is 19.5 Å². The number of benzene rings is 2. The second-order valence-electron chi connectivity index (χ2n) is 5.57. The van der Waals surface area contributed by atoms with Gasteiger partial charge in [-0.15, -0.1) is 11.8 Å². The molecule has 25 heavy (non-hydrogen) atoms. The molecule has 1 aliphatic heterocycles. The van der Waals surface area contributed by atoms with Crippen molar-refractivity contribution in [1.29, 1.82) is 0 Å². The fourth-order valence-electron chi connectivity index (χ4n) is 2.38. The molecule has 0 atom stereocenters. The zero-order chi connectivity index (χ0) is 17.5. The van der Waals surface area contributed by atoms with E-state index in [1.807, 2.05) is 42.5 Å². The van der Waals surface area contributed by atoms with Crippen molar-refractivity contribution in [3.05, 3.63) is 48.0 Å². The fourth-order valence-corrected chi connectivity index (χ4v) is 3.13. The van der Waals surface area contributed by atoms with Gasteiger partial charge in [-0.3, -0.25) is 4.79 Å². The monoisotopic (exact) mass is 359 g/mol. The van der Waals surface area contributed by atoms with E-state index in [-0.39, 0.29) is 5.91 Å². The van der Waals surface area contributed by atoms with E-state index in [2.05, 4.69) is 5.32 Å². The Morgan fingerprint density at radius 3 is 2.64 bits per heavy atom. The third-order valence-electron chi connectivity index (χ3n) is 3.74. The highest BCUT2D eigenvalue weighted by molar-refractivity contribution is 8.00. The summed E-state index contributed by atoms with van der Waals surface area (Å²) in [6.45, 7) is 1.83. The van der Waals surface area contributed by atoms with Crippen LogP contribution in [0.15, 0.2) is 47.4 Å². The maximum Gasteiger partial charge on any atom is 0.230 e. The first-order chi connectivity index (χ1) is 12.2. The number of fused-ring (bicyclic) bond motifs is 1. The predicted octanol–water partition coefficient (Wildman–Crippen LogP) is 3.27. The first-order valence-electron chi connectivity index (χ1n) is 8.16. The molecule has 0 aromatic heterocycles. The van der Waals surface area contributed by atoms with Crippen molar-refractivity contribution in [2.45, 2.75) is 17.9 Å². The molecule has 1 heterocycles. The number of ether oxygens (including phenoxy) is 3. The summed E-state index contributed by atoms with van der Waals surface area (Å²) in [7, 11) is 1.63. The van der Waals surface area contributed by atoms with Crippen molar-refractivity contribution in [2.24, 2.45) is 0 Å². The van der Waals surface area contributed by atoms with Crippen LogP contribution in [0.1, 0.15) is 12.0 Å². The molecule has 0 radical (unpaired) electrons. The Morgan fingerprint density at radius 2 is 1.88 bits per heavy atom. The Bertz CT molecular complexity index is 718. The molecule has 0 unspecified atom stereocenters. The highest BCUT2D eigenvalue weighted by atomic mass is 32.2. The molecule has 0 aliphatic carbocycles. The topological polar surface area (TPSA) is 56.8 Å². The van der Waals surface area contributed by atoms with E-state index < -0.39 is 0 Å². The van der Waals surface area contributed by atoms with E-state index >= 15 is 0 Å². The Kier molecular flexibility index (Phi) is 6.06. The van der Waals surface area contributed by atoms with Gasteiger partial charge in [0.1, 0.15) is 5.75 Å². The summed E-state index contributed by atoms with van der Waals surface area (Å²) in [6, 6.07) is 13.4. The van der Waals surface area contributed by atoms with Gasteiger partial charge in [0.05, 0.1) is 26.1 Å². The molecule has 132 valence electrons. The van der Waals surface area contributed by atoms with Crippen LogP contribution in [0.25, 0.3) is 0 Å². The van der Waals surface area contributed by atoms with Crippen LogP contribution in [0, 0.1) is 0 Å². The molecule has 2 aromatic rings. The molecular weight excluding hydrogens is 338 g/mol. The van der Waals surface area contributed by atoms with Crippen molar-refractivity contribution in [3.8, 4) is 17.2 Å². The van der Waals surface area contributed by atoms with Crippen molar-refractivity contribution >= 4 is 17.7 Å². The SMILES string of the molecule is COc1ccc(CNC(=O)CSc2ccc3c(c2)OCCCO3)cc1. The summed E-state index contributed by atoms with van der Waals surface area (Å²) in [5.41, 5.74) is 1.04. The van der Waals surface area contributed by atoms with E-state index in [0.29, 0.717) is 25.5 Å². The Labute approximate surface area is 151 Å². The first-order valence-corrected chi connectivity index (χ1v) is 9.15. The minimum Gasteiger partial charge on any atom is -0.497 e. The van der Waals surface area contributed by atoms with E-state index in [0.717, 1.165) is 34.1 Å². The quantitative estimate of drug-likeness (QED) is 0.803. The highest BCUT2D eigenvalue weighted by Crippen LogP contribution is 2.33. The summed E-state index contributed by atoms with van der Waals surface area (Å²) >= 11 is 1.48. The standard InChI is InChI=1S/C19H21NO4S/c1-22-15-5-3-14(4-6-15)12-20-19(21)13-25-16-7-8-17-18(11-16)24-10-2-9-23-17/h3-8,11H,2,9-10,12-13H2,1H3,(H,20,21). The smallest absolute Gasteiger partial charge is 0.230 e. The molecule has 0 saturated carbocycles. The summed E-state index contributed by atoms with van der Waals surface area (Å²) in [5.74, 6) is 2.68. The van der Waals surface area contributed by atoms with Crippen LogP contribution in [0.2, 0.25) is 0 Å². The molecule has 6 heteroatoms. The van der Waals surface area contributed by atoms with Gasteiger partial charge < -0.3 is 19.5 Å². The fraction of sp³-hybridized carbons (Fsp3) is 0.316. The molecule has 1 N–H and O–H groups in total. The minimum absolute atomic E-state index is 0.00655. The molecule has 1 aliphatic rings. The maximum absolute atomic E-state index is 12.0. The van der Waals surface area contributed by atoms with E-state index in [9.17, 15) is 4.79 Å². The van der Waals surface area contributed by atoms with Gasteiger partial charge in [-0.2, -0.15) is 0 Å². The lowest BCUT2D eigenvalue weighted by molar-refractivity contribution is -0.118. The Hall–Kier alpha value is -2.34. The summed E-state index contributed by atoms with van der Waals surface area (Å²) < 4.78 is 16.4. The first kappa shape index (κ1) is 17.5. The second-order valence-corrected chi connectivity index (χ2v) is 6.62. The number of carbonyl (C=O) groups is 1. The maximum atomic E-state index is 12.0. The largest absolute Gasteiger partial charge is 0.497 e. The number of hydrogen-bond acceptors (Lipinski definition) is 5. The molecule has 2 aromatic carbocycles. The number of rotatable bonds is 6. The molecule has 3 rings (SSSR count). The van der Waals surface area contributed by atoms with Crippen LogP contribution >= 0.6 is 11.8 Å². The third-order valence-corrected chi connectivity index (χ3v) is 4.73. The average Bonchev–Trinajstić information content (AvgIpc) is 2.90. The Balaban J connectivity index is 1.47.